The fourth-order valence-corrected chi connectivity index (χ4v) is 1.55. The monoisotopic (exact) mass is 249 g/mol. The van der Waals surface area contributed by atoms with Gasteiger partial charge >= 0.3 is 0 Å². The van der Waals surface area contributed by atoms with Gasteiger partial charge in [-0.3, -0.25) is 4.79 Å². The Hall–Kier alpha value is -0.940. The first-order chi connectivity index (χ1) is 7.04. The zero-order chi connectivity index (χ0) is 11.4. The highest BCUT2D eigenvalue weighted by Crippen LogP contribution is 2.27. The number of rotatable bonds is 4. The Bertz CT molecular complexity index is 375. The predicted octanol–water partition coefficient (Wildman–Crippen LogP) is 2.03. The first-order valence-electron chi connectivity index (χ1n) is 3.98. The highest BCUT2D eigenvalue weighted by atomic mass is 35.5. The van der Waals surface area contributed by atoms with Crippen LogP contribution in [-0.2, 0) is 4.79 Å². The lowest BCUT2D eigenvalue weighted by molar-refractivity contribution is -0.121. The summed E-state index contributed by atoms with van der Waals surface area (Å²) in [5.41, 5.74) is 4.25. The van der Waals surface area contributed by atoms with Crippen molar-refractivity contribution in [1.29, 1.82) is 0 Å². The van der Waals surface area contributed by atoms with Crippen LogP contribution in [0.4, 0.5) is 4.39 Å². The zero-order valence-corrected chi connectivity index (χ0v) is 9.44. The lowest BCUT2D eigenvalue weighted by atomic mass is 10.3. The van der Waals surface area contributed by atoms with Crippen molar-refractivity contribution in [3.63, 3.8) is 0 Å². The van der Waals surface area contributed by atoms with Gasteiger partial charge in [-0.25, -0.2) is 4.39 Å². The normalized spacial score (nSPS) is 12.2. The van der Waals surface area contributed by atoms with Crippen LogP contribution in [0.25, 0.3) is 0 Å². The van der Waals surface area contributed by atoms with E-state index < -0.39 is 17.2 Å². The SMILES string of the molecule is CSC(Oc1ccc(F)cc1Cl)C(N)=O. The maximum atomic E-state index is 12.7. The van der Waals surface area contributed by atoms with Crippen LogP contribution in [0.1, 0.15) is 0 Å². The van der Waals surface area contributed by atoms with Crippen LogP contribution < -0.4 is 10.5 Å². The van der Waals surface area contributed by atoms with Gasteiger partial charge < -0.3 is 10.5 Å². The molecule has 82 valence electrons. The molecular weight excluding hydrogens is 241 g/mol. The Morgan fingerprint density at radius 1 is 1.67 bits per heavy atom. The smallest absolute Gasteiger partial charge is 0.269 e. The summed E-state index contributed by atoms with van der Waals surface area (Å²) >= 11 is 6.85. The molecular formula is C9H9ClFNO2S. The largest absolute Gasteiger partial charge is 0.468 e. The number of benzene rings is 1. The van der Waals surface area contributed by atoms with Crippen LogP contribution in [-0.4, -0.2) is 17.6 Å². The number of carbonyl (C=O) groups excluding carboxylic acids is 1. The van der Waals surface area contributed by atoms with E-state index >= 15 is 0 Å². The molecule has 0 radical (unpaired) electrons. The van der Waals surface area contributed by atoms with Crippen LogP contribution in [0.2, 0.25) is 5.02 Å². The van der Waals surface area contributed by atoms with Crippen LogP contribution in [0.5, 0.6) is 5.75 Å². The summed E-state index contributed by atoms with van der Waals surface area (Å²) < 4.78 is 17.9. The number of primary amides is 1. The van der Waals surface area contributed by atoms with E-state index in [4.69, 9.17) is 22.1 Å². The van der Waals surface area contributed by atoms with E-state index in [0.29, 0.717) is 0 Å². The number of carbonyl (C=O) groups is 1. The summed E-state index contributed by atoms with van der Waals surface area (Å²) in [6.07, 6.45) is 1.67. The molecule has 6 heteroatoms. The first-order valence-corrected chi connectivity index (χ1v) is 5.65. The molecule has 0 spiro atoms. The fraction of sp³-hybridized carbons (Fsp3) is 0.222. The second kappa shape index (κ2) is 5.23. The van der Waals surface area contributed by atoms with E-state index in [1.807, 2.05) is 0 Å². The van der Waals surface area contributed by atoms with Crippen molar-refractivity contribution >= 4 is 29.3 Å². The van der Waals surface area contributed by atoms with Crippen LogP contribution in [0.3, 0.4) is 0 Å². The molecule has 0 aliphatic rings. The lowest BCUT2D eigenvalue weighted by Crippen LogP contribution is -2.30. The minimum Gasteiger partial charge on any atom is -0.468 e. The molecule has 15 heavy (non-hydrogen) atoms. The molecule has 0 saturated carbocycles. The minimum atomic E-state index is -0.826. The van der Waals surface area contributed by atoms with Crippen LogP contribution in [0, 0.1) is 5.82 Å². The van der Waals surface area contributed by atoms with Crippen molar-refractivity contribution in [2.24, 2.45) is 5.73 Å². The Morgan fingerprint density at radius 2 is 2.33 bits per heavy atom. The molecule has 1 amide bonds. The summed E-state index contributed by atoms with van der Waals surface area (Å²) in [5, 5.41) is 0.107. The van der Waals surface area contributed by atoms with Gasteiger partial charge in [0.2, 0.25) is 5.44 Å². The van der Waals surface area contributed by atoms with Gasteiger partial charge in [0.1, 0.15) is 11.6 Å². The van der Waals surface area contributed by atoms with Gasteiger partial charge in [0.25, 0.3) is 5.91 Å². The molecule has 0 aliphatic carbocycles. The summed E-state index contributed by atoms with van der Waals surface area (Å²) in [6.45, 7) is 0. The summed E-state index contributed by atoms with van der Waals surface area (Å²) in [4.78, 5) is 10.9. The van der Waals surface area contributed by atoms with Crippen molar-refractivity contribution in [2.45, 2.75) is 5.44 Å². The van der Waals surface area contributed by atoms with E-state index in [2.05, 4.69) is 0 Å². The highest BCUT2D eigenvalue weighted by molar-refractivity contribution is 7.99. The number of amides is 1. The van der Waals surface area contributed by atoms with Crippen molar-refractivity contribution in [3.05, 3.63) is 29.0 Å². The number of halogens is 2. The second-order valence-corrected chi connectivity index (χ2v) is 3.97. The number of thioether (sulfide) groups is 1. The molecule has 0 aromatic heterocycles. The molecule has 0 saturated heterocycles. The second-order valence-electron chi connectivity index (χ2n) is 2.66. The van der Waals surface area contributed by atoms with Crippen LogP contribution >= 0.6 is 23.4 Å². The van der Waals surface area contributed by atoms with Gasteiger partial charge in [-0.15, -0.1) is 11.8 Å². The van der Waals surface area contributed by atoms with Gasteiger partial charge in [-0.05, 0) is 24.5 Å². The van der Waals surface area contributed by atoms with Gasteiger partial charge in [0.05, 0.1) is 5.02 Å². The average Bonchev–Trinajstić information content (AvgIpc) is 2.16. The minimum absolute atomic E-state index is 0.107. The number of ether oxygens (including phenoxy) is 1. The maximum absolute atomic E-state index is 12.7. The van der Waals surface area contributed by atoms with E-state index in [-0.39, 0.29) is 10.8 Å². The number of hydrogen-bond acceptors (Lipinski definition) is 3. The lowest BCUT2D eigenvalue weighted by Gasteiger charge is -2.14. The third-order valence-electron chi connectivity index (χ3n) is 1.57. The third-order valence-corrected chi connectivity index (χ3v) is 2.63. The molecule has 1 unspecified atom stereocenters. The molecule has 0 aliphatic heterocycles. The van der Waals surface area contributed by atoms with Gasteiger partial charge in [0.15, 0.2) is 0 Å². The Balaban J connectivity index is 2.84. The number of hydrogen-bond donors (Lipinski definition) is 1. The molecule has 3 nitrogen and oxygen atoms in total. The number of nitrogens with two attached hydrogens (primary N) is 1. The van der Waals surface area contributed by atoms with Gasteiger partial charge in [-0.2, -0.15) is 0 Å². The zero-order valence-electron chi connectivity index (χ0n) is 7.87. The van der Waals surface area contributed by atoms with E-state index in [1.54, 1.807) is 6.26 Å². The van der Waals surface area contributed by atoms with Crippen molar-refractivity contribution in [2.75, 3.05) is 6.26 Å². The fourth-order valence-electron chi connectivity index (χ4n) is 0.908. The van der Waals surface area contributed by atoms with Crippen molar-refractivity contribution in [1.82, 2.24) is 0 Å². The highest BCUT2D eigenvalue weighted by Gasteiger charge is 2.16. The van der Waals surface area contributed by atoms with Crippen LogP contribution in [0.15, 0.2) is 18.2 Å². The topological polar surface area (TPSA) is 52.3 Å². The standard InChI is InChI=1S/C9H9ClFNO2S/c1-15-9(8(12)13)14-7-3-2-5(11)4-6(7)10/h2-4,9H,1H3,(H2,12,13). The molecule has 1 aromatic carbocycles. The molecule has 0 bridgehead atoms. The molecule has 0 heterocycles. The molecule has 1 rings (SSSR count). The summed E-state index contributed by atoms with van der Waals surface area (Å²) in [7, 11) is 0. The van der Waals surface area contributed by atoms with E-state index in [1.165, 1.54) is 12.1 Å². The van der Waals surface area contributed by atoms with E-state index in [9.17, 15) is 9.18 Å². The maximum Gasteiger partial charge on any atom is 0.269 e. The molecule has 0 fully saturated rings. The quantitative estimate of drug-likeness (QED) is 0.831. The van der Waals surface area contributed by atoms with E-state index in [0.717, 1.165) is 17.8 Å². The van der Waals surface area contributed by atoms with Gasteiger partial charge in [-0.1, -0.05) is 11.6 Å². The Labute approximate surface area is 95.7 Å². The summed E-state index contributed by atoms with van der Waals surface area (Å²) in [5.74, 6) is -0.841. The van der Waals surface area contributed by atoms with Crippen molar-refractivity contribution in [3.8, 4) is 5.75 Å². The van der Waals surface area contributed by atoms with Crippen molar-refractivity contribution < 1.29 is 13.9 Å². The third kappa shape index (κ3) is 3.28. The Morgan fingerprint density at radius 3 is 2.80 bits per heavy atom. The Kier molecular flexibility index (Phi) is 4.23. The average molecular weight is 250 g/mol. The molecule has 1 aromatic rings. The van der Waals surface area contributed by atoms with Gasteiger partial charge in [0, 0.05) is 0 Å². The first kappa shape index (κ1) is 12.1. The molecule has 1 atom stereocenters. The molecule has 2 N–H and O–H groups in total. The summed E-state index contributed by atoms with van der Waals surface area (Å²) in [6, 6.07) is 3.65. The predicted molar refractivity (Wildman–Crippen MR) is 58.5 cm³/mol.